The van der Waals surface area contributed by atoms with Crippen LogP contribution in [-0.2, 0) is 7.05 Å². The van der Waals surface area contributed by atoms with Gasteiger partial charge in [-0.05, 0) is 37.7 Å². The second kappa shape index (κ2) is 5.63. The summed E-state index contributed by atoms with van der Waals surface area (Å²) in [7, 11) is 3.52. The predicted molar refractivity (Wildman–Crippen MR) is 73.5 cm³/mol. The molecule has 0 aliphatic rings. The SMILES string of the molecule is COc1cccc(Sc2nnc(C)n2C)c1C(C)O. The molecule has 2 aromatic rings. The normalized spacial score (nSPS) is 12.5. The van der Waals surface area contributed by atoms with Gasteiger partial charge < -0.3 is 14.4 Å². The third kappa shape index (κ3) is 2.74. The molecule has 19 heavy (non-hydrogen) atoms. The molecular formula is C13H17N3O2S. The standard InChI is InChI=1S/C13H17N3O2S/c1-8(17)12-10(18-4)6-5-7-11(12)19-13-15-14-9(2)16(13)3/h5-8,17H,1-4H3. The fourth-order valence-corrected chi connectivity index (χ4v) is 2.85. The zero-order valence-corrected chi connectivity index (χ0v) is 12.2. The summed E-state index contributed by atoms with van der Waals surface area (Å²) in [6.07, 6.45) is -0.604. The average Bonchev–Trinajstić information content (AvgIpc) is 2.70. The molecule has 0 saturated carbocycles. The maximum absolute atomic E-state index is 9.93. The van der Waals surface area contributed by atoms with Gasteiger partial charge in [-0.3, -0.25) is 0 Å². The van der Waals surface area contributed by atoms with Crippen LogP contribution < -0.4 is 4.74 Å². The number of ether oxygens (including phenoxy) is 1. The van der Waals surface area contributed by atoms with Crippen LogP contribution in [0.4, 0.5) is 0 Å². The lowest BCUT2D eigenvalue weighted by molar-refractivity contribution is 0.191. The molecule has 0 aliphatic carbocycles. The Labute approximate surface area is 116 Å². The van der Waals surface area contributed by atoms with E-state index in [0.717, 1.165) is 21.4 Å². The highest BCUT2D eigenvalue weighted by molar-refractivity contribution is 7.99. The summed E-state index contributed by atoms with van der Waals surface area (Å²) in [6, 6.07) is 5.68. The van der Waals surface area contributed by atoms with Gasteiger partial charge in [0.15, 0.2) is 5.16 Å². The van der Waals surface area contributed by atoms with E-state index < -0.39 is 6.10 Å². The second-order valence-electron chi connectivity index (χ2n) is 4.24. The molecule has 2 rings (SSSR count). The minimum atomic E-state index is -0.604. The first-order valence-corrected chi connectivity index (χ1v) is 6.75. The molecule has 6 heteroatoms. The van der Waals surface area contributed by atoms with Crippen molar-refractivity contribution in [3.05, 3.63) is 29.6 Å². The predicted octanol–water partition coefficient (Wildman–Crippen LogP) is 2.34. The molecule has 1 aromatic heterocycles. The fraction of sp³-hybridized carbons (Fsp3) is 0.385. The lowest BCUT2D eigenvalue weighted by atomic mass is 10.1. The van der Waals surface area contributed by atoms with Crippen molar-refractivity contribution in [1.29, 1.82) is 0 Å². The highest BCUT2D eigenvalue weighted by atomic mass is 32.2. The van der Waals surface area contributed by atoms with E-state index in [4.69, 9.17) is 4.74 Å². The van der Waals surface area contributed by atoms with Crippen LogP contribution in [0.15, 0.2) is 28.3 Å². The van der Waals surface area contributed by atoms with Crippen molar-refractivity contribution >= 4 is 11.8 Å². The van der Waals surface area contributed by atoms with Crippen molar-refractivity contribution in [2.45, 2.75) is 30.0 Å². The first kappa shape index (κ1) is 13.9. The Morgan fingerprint density at radius 2 is 2.11 bits per heavy atom. The zero-order chi connectivity index (χ0) is 14.0. The van der Waals surface area contributed by atoms with Crippen molar-refractivity contribution in [2.24, 2.45) is 7.05 Å². The minimum absolute atomic E-state index is 0.604. The maximum Gasteiger partial charge on any atom is 0.195 e. The Balaban J connectivity index is 2.42. The maximum atomic E-state index is 9.93. The van der Waals surface area contributed by atoms with E-state index in [0.29, 0.717) is 5.75 Å². The molecule has 1 unspecified atom stereocenters. The van der Waals surface area contributed by atoms with Crippen molar-refractivity contribution < 1.29 is 9.84 Å². The number of aliphatic hydroxyl groups is 1. The van der Waals surface area contributed by atoms with Crippen LogP contribution >= 0.6 is 11.8 Å². The van der Waals surface area contributed by atoms with Gasteiger partial charge in [-0.2, -0.15) is 0 Å². The number of rotatable bonds is 4. The molecule has 1 atom stereocenters. The quantitative estimate of drug-likeness (QED) is 0.930. The van der Waals surface area contributed by atoms with Gasteiger partial charge in [0, 0.05) is 17.5 Å². The molecule has 1 heterocycles. The topological polar surface area (TPSA) is 60.2 Å². The van der Waals surface area contributed by atoms with Crippen LogP contribution in [0, 0.1) is 6.92 Å². The molecule has 1 N–H and O–H groups in total. The number of aromatic nitrogens is 3. The Bertz CT molecular complexity index is 581. The summed E-state index contributed by atoms with van der Waals surface area (Å²) in [5.41, 5.74) is 0.774. The Hall–Kier alpha value is -1.53. The van der Waals surface area contributed by atoms with Gasteiger partial charge in [0.2, 0.25) is 0 Å². The highest BCUT2D eigenvalue weighted by Gasteiger charge is 2.17. The molecule has 0 bridgehead atoms. The number of methoxy groups -OCH3 is 1. The van der Waals surface area contributed by atoms with Gasteiger partial charge in [0.05, 0.1) is 13.2 Å². The summed E-state index contributed by atoms with van der Waals surface area (Å²) in [4.78, 5) is 0.921. The van der Waals surface area contributed by atoms with Gasteiger partial charge in [-0.1, -0.05) is 6.07 Å². The minimum Gasteiger partial charge on any atom is -0.496 e. The monoisotopic (exact) mass is 279 g/mol. The van der Waals surface area contributed by atoms with Crippen molar-refractivity contribution in [2.75, 3.05) is 7.11 Å². The summed E-state index contributed by atoms with van der Waals surface area (Å²) in [5.74, 6) is 1.53. The average molecular weight is 279 g/mol. The summed E-state index contributed by atoms with van der Waals surface area (Å²) < 4.78 is 7.22. The lowest BCUT2D eigenvalue weighted by Crippen LogP contribution is -2.00. The summed E-state index contributed by atoms with van der Waals surface area (Å²) in [5, 5.41) is 18.9. The van der Waals surface area contributed by atoms with Gasteiger partial charge in [0.1, 0.15) is 11.6 Å². The number of aliphatic hydroxyl groups excluding tert-OH is 1. The first-order chi connectivity index (χ1) is 9.04. The molecule has 0 spiro atoms. The molecule has 102 valence electrons. The molecule has 0 aliphatic heterocycles. The molecule has 0 saturated heterocycles. The van der Waals surface area contributed by atoms with Crippen molar-refractivity contribution in [1.82, 2.24) is 14.8 Å². The molecule has 1 aromatic carbocycles. The Morgan fingerprint density at radius 3 is 2.63 bits per heavy atom. The Kier molecular flexibility index (Phi) is 4.11. The summed E-state index contributed by atoms with van der Waals surface area (Å²) >= 11 is 1.47. The third-order valence-corrected chi connectivity index (χ3v) is 4.03. The lowest BCUT2D eigenvalue weighted by Gasteiger charge is -2.15. The van der Waals surface area contributed by atoms with Gasteiger partial charge in [-0.25, -0.2) is 0 Å². The number of nitrogens with zero attached hydrogens (tertiary/aromatic N) is 3. The number of benzene rings is 1. The number of hydrogen-bond acceptors (Lipinski definition) is 5. The fourth-order valence-electron chi connectivity index (χ4n) is 1.78. The van der Waals surface area contributed by atoms with E-state index >= 15 is 0 Å². The van der Waals surface area contributed by atoms with Crippen LogP contribution in [0.2, 0.25) is 0 Å². The van der Waals surface area contributed by atoms with Gasteiger partial charge >= 0.3 is 0 Å². The second-order valence-corrected chi connectivity index (χ2v) is 5.25. The number of aryl methyl sites for hydroxylation is 1. The smallest absolute Gasteiger partial charge is 0.195 e. The largest absolute Gasteiger partial charge is 0.496 e. The van der Waals surface area contributed by atoms with E-state index in [2.05, 4.69) is 10.2 Å². The molecular weight excluding hydrogens is 262 g/mol. The molecule has 0 amide bonds. The third-order valence-electron chi connectivity index (χ3n) is 2.92. The van der Waals surface area contributed by atoms with Crippen LogP contribution in [0.25, 0.3) is 0 Å². The van der Waals surface area contributed by atoms with Crippen molar-refractivity contribution in [3.8, 4) is 5.75 Å². The first-order valence-electron chi connectivity index (χ1n) is 5.93. The van der Waals surface area contributed by atoms with Crippen LogP contribution in [0.5, 0.6) is 5.75 Å². The number of hydrogen-bond donors (Lipinski definition) is 1. The summed E-state index contributed by atoms with van der Waals surface area (Å²) in [6.45, 7) is 3.63. The molecule has 0 radical (unpaired) electrons. The molecule has 0 fully saturated rings. The van der Waals surface area contributed by atoms with E-state index in [9.17, 15) is 5.11 Å². The highest BCUT2D eigenvalue weighted by Crippen LogP contribution is 2.37. The zero-order valence-electron chi connectivity index (χ0n) is 11.4. The molecule has 5 nitrogen and oxygen atoms in total. The van der Waals surface area contributed by atoms with Gasteiger partial charge in [-0.15, -0.1) is 10.2 Å². The van der Waals surface area contributed by atoms with Crippen molar-refractivity contribution in [3.63, 3.8) is 0 Å². The van der Waals surface area contributed by atoms with Crippen LogP contribution in [0.1, 0.15) is 24.4 Å². The van der Waals surface area contributed by atoms with E-state index in [1.807, 2.05) is 36.7 Å². The van der Waals surface area contributed by atoms with Crippen LogP contribution in [-0.4, -0.2) is 27.0 Å². The van der Waals surface area contributed by atoms with E-state index in [1.165, 1.54) is 11.8 Å². The Morgan fingerprint density at radius 1 is 1.37 bits per heavy atom. The van der Waals surface area contributed by atoms with Crippen LogP contribution in [0.3, 0.4) is 0 Å². The van der Waals surface area contributed by atoms with Gasteiger partial charge in [0.25, 0.3) is 0 Å². The van der Waals surface area contributed by atoms with E-state index in [1.54, 1.807) is 14.0 Å². The van der Waals surface area contributed by atoms with E-state index in [-0.39, 0.29) is 0 Å².